The molecule has 2 atom stereocenters. The van der Waals surface area contributed by atoms with Gasteiger partial charge in [-0.1, -0.05) is 92.4 Å². The molecule has 1 aliphatic carbocycles. The summed E-state index contributed by atoms with van der Waals surface area (Å²) in [5, 5.41) is 12.9. The number of pyridine rings is 1. The first-order chi connectivity index (χ1) is 31.6. The molecule has 6 aromatic carbocycles. The number of aromatic nitrogens is 3. The third-order valence-corrected chi connectivity index (χ3v) is 12.3. The molecular weight excluding hydrogens is 671 g/mol. The molecular formula is C50H39N5. The quantitative estimate of drug-likeness (QED) is 0.182. The Bertz CT molecular complexity index is 3620. The summed E-state index contributed by atoms with van der Waals surface area (Å²) in [4.78, 5) is 6.44. The first-order valence-electron chi connectivity index (χ1n) is 24.0. The van der Waals surface area contributed by atoms with Crippen molar-refractivity contribution in [3.8, 4) is 28.6 Å². The van der Waals surface area contributed by atoms with Crippen molar-refractivity contribution in [2.75, 3.05) is 4.90 Å². The molecule has 1 saturated carbocycles. The van der Waals surface area contributed by atoms with Crippen LogP contribution in [0.25, 0.3) is 66.1 Å². The molecule has 11 rings (SSSR count). The first kappa shape index (κ1) is 22.5. The molecule has 55 heavy (non-hydrogen) atoms. The van der Waals surface area contributed by atoms with Crippen molar-refractivity contribution in [3.63, 3.8) is 0 Å². The van der Waals surface area contributed by atoms with Gasteiger partial charge in [0.05, 0.1) is 65.8 Å². The lowest BCUT2D eigenvalue weighted by Gasteiger charge is -2.50. The predicted octanol–water partition coefficient (Wildman–Crippen LogP) is 12.6. The summed E-state index contributed by atoms with van der Waals surface area (Å²) >= 11 is 0. The van der Waals surface area contributed by atoms with Crippen LogP contribution in [0.15, 0.2) is 152 Å². The van der Waals surface area contributed by atoms with Crippen molar-refractivity contribution >= 4 is 55.0 Å². The maximum absolute atomic E-state index is 11.0. The van der Waals surface area contributed by atoms with Gasteiger partial charge in [-0.05, 0) is 103 Å². The Hall–Kier alpha value is -6.64. The molecule has 0 amide bonds. The summed E-state index contributed by atoms with van der Waals surface area (Å²) in [6.45, 7) is 4.30. The number of anilines is 2. The van der Waals surface area contributed by atoms with E-state index in [1.807, 2.05) is 64.1 Å². The zero-order valence-corrected chi connectivity index (χ0v) is 30.1. The van der Waals surface area contributed by atoms with Gasteiger partial charge < -0.3 is 14.0 Å². The van der Waals surface area contributed by atoms with Crippen LogP contribution in [-0.2, 0) is 5.41 Å². The van der Waals surface area contributed by atoms with Crippen LogP contribution in [0.1, 0.15) is 65.7 Å². The minimum absolute atomic E-state index is 0.0121. The SMILES string of the molecule is [2H]c1c([2H])c([2H])c(-c2c([2H])c([2H])c3c(c2[2H])c2c([2H])c(N4c5cnccc5C5(C)CCCCC45C)c([2H])c([2H])c2n3-c2ccc(-n3c4ccccc4c4ccccc43)cc2C#N)c([2H])c1[2H]. The van der Waals surface area contributed by atoms with Crippen LogP contribution in [0, 0.1) is 11.3 Å². The Kier molecular flexibility index (Phi) is 4.79. The van der Waals surface area contributed by atoms with Crippen molar-refractivity contribution in [1.29, 1.82) is 5.26 Å². The zero-order chi connectivity index (χ0) is 46.5. The van der Waals surface area contributed by atoms with Crippen molar-refractivity contribution in [1.82, 2.24) is 14.1 Å². The second kappa shape index (κ2) is 11.7. The van der Waals surface area contributed by atoms with E-state index in [4.69, 9.17) is 6.85 Å². The molecule has 5 heteroatoms. The Morgan fingerprint density at radius 1 is 0.655 bits per heavy atom. The molecule has 1 aliphatic heterocycles. The lowest BCUT2D eigenvalue weighted by atomic mass is 9.61. The number of rotatable bonds is 4. The van der Waals surface area contributed by atoms with E-state index >= 15 is 0 Å². The van der Waals surface area contributed by atoms with Gasteiger partial charge in [-0.15, -0.1) is 0 Å². The Morgan fingerprint density at radius 3 is 2.13 bits per heavy atom. The van der Waals surface area contributed by atoms with Crippen LogP contribution in [0.3, 0.4) is 0 Å². The fourth-order valence-corrected chi connectivity index (χ4v) is 9.54. The van der Waals surface area contributed by atoms with E-state index in [0.717, 1.165) is 46.6 Å². The third kappa shape index (κ3) is 4.37. The number of hydrogen-bond acceptors (Lipinski definition) is 3. The molecule has 0 N–H and O–H groups in total. The molecule has 0 radical (unpaired) electrons. The smallest absolute Gasteiger partial charge is 0.101 e. The van der Waals surface area contributed by atoms with E-state index in [1.165, 1.54) is 4.57 Å². The van der Waals surface area contributed by atoms with Crippen LogP contribution in [0.2, 0.25) is 0 Å². The van der Waals surface area contributed by atoms with E-state index in [-0.39, 0.29) is 56.9 Å². The van der Waals surface area contributed by atoms with Crippen LogP contribution in [0.5, 0.6) is 0 Å². The van der Waals surface area contributed by atoms with Gasteiger partial charge in [-0.25, -0.2) is 0 Å². The molecule has 1 fully saturated rings. The van der Waals surface area contributed by atoms with Crippen LogP contribution in [0.4, 0.5) is 11.4 Å². The molecule has 264 valence electrons. The fourth-order valence-electron chi connectivity index (χ4n) is 9.54. The van der Waals surface area contributed by atoms with E-state index in [9.17, 15) is 13.5 Å². The van der Waals surface area contributed by atoms with Crippen molar-refractivity contribution in [3.05, 3.63) is 163 Å². The Morgan fingerprint density at radius 2 is 1.36 bits per heavy atom. The molecule has 2 unspecified atom stereocenters. The van der Waals surface area contributed by atoms with E-state index in [2.05, 4.69) is 24.9 Å². The van der Waals surface area contributed by atoms with Crippen LogP contribution < -0.4 is 4.90 Å². The summed E-state index contributed by atoms with van der Waals surface area (Å²) in [5.41, 5.74) is 2.43. The largest absolute Gasteiger partial charge is 0.333 e. The van der Waals surface area contributed by atoms with E-state index < -0.39 is 70.4 Å². The highest BCUT2D eigenvalue weighted by molar-refractivity contribution is 6.12. The Balaban J connectivity index is 1.28. The summed E-state index contributed by atoms with van der Waals surface area (Å²) in [7, 11) is 0. The van der Waals surface area contributed by atoms with Crippen molar-refractivity contribution < 1.29 is 15.1 Å². The van der Waals surface area contributed by atoms with Crippen molar-refractivity contribution in [2.45, 2.75) is 50.5 Å². The van der Waals surface area contributed by atoms with Crippen molar-refractivity contribution in [2.24, 2.45) is 0 Å². The average Bonchev–Trinajstić information content (AvgIpc) is 3.93. The van der Waals surface area contributed by atoms with Gasteiger partial charge in [-0.2, -0.15) is 5.26 Å². The molecule has 0 saturated heterocycles. The average molecular weight is 721 g/mol. The lowest BCUT2D eigenvalue weighted by molar-refractivity contribution is 0.195. The molecule has 0 bridgehead atoms. The fraction of sp³-hybridized carbons (Fsp3) is 0.160. The molecule has 0 spiro atoms. The molecule has 4 heterocycles. The topological polar surface area (TPSA) is 49.8 Å². The number of nitrogens with zero attached hydrogens (tertiary/aromatic N) is 5. The van der Waals surface area contributed by atoms with Crippen LogP contribution in [-0.4, -0.2) is 19.7 Å². The maximum atomic E-state index is 11.0. The van der Waals surface area contributed by atoms with Gasteiger partial charge in [0.15, 0.2) is 0 Å². The van der Waals surface area contributed by atoms with Gasteiger partial charge in [0.1, 0.15) is 6.07 Å². The standard InChI is InChI=1S/C50H39N5/c1-49-25-10-11-26-50(49,2)55(48-32-52-27-24-42(48)49)37-20-23-47-41(30-37)40-29-34(33-12-4-3-5-13-33)18-21-46(40)54(47)43-22-19-36(28-35(43)31-51)53-44-16-8-6-14-38(44)39-15-7-9-17-45(39)53/h3-9,12-24,27-30,32H,10-11,25-26H2,1-2H3/i3D,4D,5D,12D,13D,18D,20D,21D,23D,29D,30D. The summed E-state index contributed by atoms with van der Waals surface area (Å²) < 4.78 is 106. The summed E-state index contributed by atoms with van der Waals surface area (Å²) in [5.74, 6) is 0. The van der Waals surface area contributed by atoms with E-state index in [1.54, 1.807) is 30.6 Å². The summed E-state index contributed by atoms with van der Waals surface area (Å²) in [6.07, 6.45) is 6.85. The number of benzene rings is 6. The minimum atomic E-state index is -0.679. The summed E-state index contributed by atoms with van der Waals surface area (Å²) in [6, 6.07) is 19.5. The molecule has 9 aromatic rings. The van der Waals surface area contributed by atoms with Gasteiger partial charge in [0, 0.05) is 44.5 Å². The number of hydrogen-bond donors (Lipinski definition) is 0. The highest BCUT2D eigenvalue weighted by atomic mass is 15.3. The lowest BCUT2D eigenvalue weighted by Crippen LogP contribution is -2.54. The van der Waals surface area contributed by atoms with Crippen LogP contribution >= 0.6 is 0 Å². The third-order valence-electron chi connectivity index (χ3n) is 12.3. The normalized spacial score (nSPS) is 22.1. The number of nitriles is 1. The minimum Gasteiger partial charge on any atom is -0.333 e. The van der Waals surface area contributed by atoms with E-state index in [0.29, 0.717) is 17.8 Å². The number of fused-ring (bicyclic) bond motifs is 9. The van der Waals surface area contributed by atoms with Gasteiger partial charge >= 0.3 is 0 Å². The second-order valence-corrected chi connectivity index (χ2v) is 15.0. The van der Waals surface area contributed by atoms with Gasteiger partial charge in [0.25, 0.3) is 0 Å². The van der Waals surface area contributed by atoms with Gasteiger partial charge in [0.2, 0.25) is 0 Å². The highest BCUT2D eigenvalue weighted by Crippen LogP contribution is 2.60. The Labute approximate surface area is 335 Å². The molecule has 3 aromatic heterocycles. The van der Waals surface area contributed by atoms with Gasteiger partial charge in [-0.3, -0.25) is 4.98 Å². The molecule has 5 nitrogen and oxygen atoms in total. The zero-order valence-electron chi connectivity index (χ0n) is 41.1. The first-order valence-corrected chi connectivity index (χ1v) is 18.5. The monoisotopic (exact) mass is 720 g/mol. The highest BCUT2D eigenvalue weighted by Gasteiger charge is 2.57. The predicted molar refractivity (Wildman–Crippen MR) is 226 cm³/mol. The maximum Gasteiger partial charge on any atom is 0.101 e. The molecule has 2 aliphatic rings. The second-order valence-electron chi connectivity index (χ2n) is 15.0. The number of para-hydroxylation sites is 2.